The van der Waals surface area contributed by atoms with Gasteiger partial charge in [-0.2, -0.15) is 0 Å². The van der Waals surface area contributed by atoms with E-state index in [1.807, 2.05) is 18.3 Å². The standard InChI is InChI=1S/C12H18N2O2/c13-8-12(10-2-1-5-14-9-10)16-11-3-6-15-7-4-11/h1-2,5,9,11-12H,3-4,6-8,13H2. The second kappa shape index (κ2) is 5.94. The molecule has 1 atom stereocenters. The Bertz CT molecular complexity index is 299. The van der Waals surface area contributed by atoms with E-state index in [-0.39, 0.29) is 12.2 Å². The van der Waals surface area contributed by atoms with Crippen LogP contribution in [0.5, 0.6) is 0 Å². The van der Waals surface area contributed by atoms with E-state index < -0.39 is 0 Å². The summed E-state index contributed by atoms with van der Waals surface area (Å²) in [4.78, 5) is 4.09. The van der Waals surface area contributed by atoms with E-state index >= 15 is 0 Å². The molecule has 1 saturated heterocycles. The maximum Gasteiger partial charge on any atom is 0.0965 e. The van der Waals surface area contributed by atoms with E-state index in [2.05, 4.69) is 4.98 Å². The summed E-state index contributed by atoms with van der Waals surface area (Å²) in [6.45, 7) is 2.06. The molecule has 0 radical (unpaired) electrons. The lowest BCUT2D eigenvalue weighted by atomic mass is 10.1. The number of nitrogens with zero attached hydrogens (tertiary/aromatic N) is 1. The average Bonchev–Trinajstić information content (AvgIpc) is 2.38. The van der Waals surface area contributed by atoms with Crippen LogP contribution in [0.4, 0.5) is 0 Å². The van der Waals surface area contributed by atoms with Crippen molar-refractivity contribution in [2.45, 2.75) is 25.0 Å². The fraction of sp³-hybridized carbons (Fsp3) is 0.583. The topological polar surface area (TPSA) is 57.4 Å². The summed E-state index contributed by atoms with van der Waals surface area (Å²) in [6, 6.07) is 3.91. The largest absolute Gasteiger partial charge is 0.381 e. The fourth-order valence-corrected chi connectivity index (χ4v) is 1.88. The highest BCUT2D eigenvalue weighted by molar-refractivity contribution is 5.12. The Labute approximate surface area is 95.8 Å². The minimum atomic E-state index is -0.0446. The van der Waals surface area contributed by atoms with Crippen LogP contribution in [-0.2, 0) is 9.47 Å². The van der Waals surface area contributed by atoms with Crippen LogP contribution in [0.25, 0.3) is 0 Å². The summed E-state index contributed by atoms with van der Waals surface area (Å²) in [5, 5.41) is 0. The van der Waals surface area contributed by atoms with Gasteiger partial charge in [0.2, 0.25) is 0 Å². The molecule has 1 aromatic heterocycles. The Hall–Kier alpha value is -0.970. The maximum absolute atomic E-state index is 5.98. The lowest BCUT2D eigenvalue weighted by molar-refractivity contribution is -0.0666. The molecule has 2 heterocycles. The quantitative estimate of drug-likeness (QED) is 0.833. The number of pyridine rings is 1. The van der Waals surface area contributed by atoms with Gasteiger partial charge in [0, 0.05) is 37.7 Å². The van der Waals surface area contributed by atoms with Crippen LogP contribution in [0.1, 0.15) is 24.5 Å². The van der Waals surface area contributed by atoms with E-state index in [1.165, 1.54) is 0 Å². The van der Waals surface area contributed by atoms with Crippen molar-refractivity contribution in [1.29, 1.82) is 0 Å². The molecule has 1 aromatic rings. The van der Waals surface area contributed by atoms with Gasteiger partial charge in [0.15, 0.2) is 0 Å². The predicted octanol–water partition coefficient (Wildman–Crippen LogP) is 1.28. The van der Waals surface area contributed by atoms with Crippen LogP contribution in [0, 0.1) is 0 Å². The zero-order chi connectivity index (χ0) is 11.2. The minimum Gasteiger partial charge on any atom is -0.381 e. The molecule has 16 heavy (non-hydrogen) atoms. The third-order valence-corrected chi connectivity index (χ3v) is 2.80. The highest BCUT2D eigenvalue weighted by Crippen LogP contribution is 2.21. The normalized spacial score (nSPS) is 19.6. The molecule has 1 unspecified atom stereocenters. The zero-order valence-electron chi connectivity index (χ0n) is 9.34. The molecule has 2 N–H and O–H groups in total. The van der Waals surface area contributed by atoms with Crippen molar-refractivity contribution >= 4 is 0 Å². The molecule has 0 amide bonds. The van der Waals surface area contributed by atoms with E-state index in [9.17, 15) is 0 Å². The SMILES string of the molecule is NCC(OC1CCOCC1)c1cccnc1. The first kappa shape index (κ1) is 11.5. The van der Waals surface area contributed by atoms with Gasteiger partial charge in [0.1, 0.15) is 0 Å². The Morgan fingerprint density at radius 2 is 2.31 bits per heavy atom. The van der Waals surface area contributed by atoms with Gasteiger partial charge < -0.3 is 15.2 Å². The monoisotopic (exact) mass is 222 g/mol. The highest BCUT2D eigenvalue weighted by Gasteiger charge is 2.19. The van der Waals surface area contributed by atoms with Crippen LogP contribution < -0.4 is 5.73 Å². The first-order valence-electron chi connectivity index (χ1n) is 5.73. The summed E-state index contributed by atoms with van der Waals surface area (Å²) in [5.41, 5.74) is 6.79. The average molecular weight is 222 g/mol. The first-order chi connectivity index (χ1) is 7.90. The van der Waals surface area contributed by atoms with Gasteiger partial charge in [-0.15, -0.1) is 0 Å². The molecule has 0 spiro atoms. The molecule has 4 heteroatoms. The van der Waals surface area contributed by atoms with Crippen molar-refractivity contribution in [2.75, 3.05) is 19.8 Å². The summed E-state index contributed by atoms with van der Waals surface area (Å²) in [6.07, 6.45) is 5.70. The molecule has 88 valence electrons. The van der Waals surface area contributed by atoms with E-state index in [1.54, 1.807) is 6.20 Å². The Balaban J connectivity index is 1.94. The van der Waals surface area contributed by atoms with E-state index in [0.717, 1.165) is 31.6 Å². The number of aromatic nitrogens is 1. The number of ether oxygens (including phenoxy) is 2. The first-order valence-corrected chi connectivity index (χ1v) is 5.73. The van der Waals surface area contributed by atoms with Crippen molar-refractivity contribution in [3.05, 3.63) is 30.1 Å². The summed E-state index contributed by atoms with van der Waals surface area (Å²) < 4.78 is 11.3. The van der Waals surface area contributed by atoms with Gasteiger partial charge >= 0.3 is 0 Å². The number of hydrogen-bond donors (Lipinski definition) is 1. The molecule has 4 nitrogen and oxygen atoms in total. The van der Waals surface area contributed by atoms with E-state index in [4.69, 9.17) is 15.2 Å². The second-order valence-corrected chi connectivity index (χ2v) is 3.96. The lowest BCUT2D eigenvalue weighted by Gasteiger charge is -2.27. The lowest BCUT2D eigenvalue weighted by Crippen LogP contribution is -2.28. The maximum atomic E-state index is 5.98. The van der Waals surface area contributed by atoms with E-state index in [0.29, 0.717) is 6.54 Å². The molecule has 0 aromatic carbocycles. The van der Waals surface area contributed by atoms with Gasteiger partial charge in [-0.1, -0.05) is 6.07 Å². The van der Waals surface area contributed by atoms with Crippen molar-refractivity contribution < 1.29 is 9.47 Å². The second-order valence-electron chi connectivity index (χ2n) is 3.96. The fourth-order valence-electron chi connectivity index (χ4n) is 1.88. The molecular formula is C12H18N2O2. The van der Waals surface area contributed by atoms with Crippen LogP contribution >= 0.6 is 0 Å². The molecule has 0 bridgehead atoms. The third-order valence-electron chi connectivity index (χ3n) is 2.80. The molecule has 2 rings (SSSR count). The van der Waals surface area contributed by atoms with Crippen LogP contribution in [0.2, 0.25) is 0 Å². The van der Waals surface area contributed by atoms with Crippen molar-refractivity contribution in [1.82, 2.24) is 4.98 Å². The van der Waals surface area contributed by atoms with Gasteiger partial charge in [0.25, 0.3) is 0 Å². The zero-order valence-corrected chi connectivity index (χ0v) is 9.34. The molecule has 0 aliphatic carbocycles. The van der Waals surface area contributed by atoms with Crippen molar-refractivity contribution in [3.8, 4) is 0 Å². The predicted molar refractivity (Wildman–Crippen MR) is 61.0 cm³/mol. The summed E-state index contributed by atoms with van der Waals surface area (Å²) in [5.74, 6) is 0. The smallest absolute Gasteiger partial charge is 0.0965 e. The molecule has 1 aliphatic rings. The molecular weight excluding hydrogens is 204 g/mol. The van der Waals surface area contributed by atoms with Crippen LogP contribution in [0.3, 0.4) is 0 Å². The van der Waals surface area contributed by atoms with Gasteiger partial charge in [-0.05, 0) is 18.9 Å². The summed E-state index contributed by atoms with van der Waals surface area (Å²) in [7, 11) is 0. The van der Waals surface area contributed by atoms with Crippen LogP contribution in [0.15, 0.2) is 24.5 Å². The van der Waals surface area contributed by atoms with Gasteiger partial charge in [-0.25, -0.2) is 0 Å². The number of hydrogen-bond acceptors (Lipinski definition) is 4. The van der Waals surface area contributed by atoms with Crippen molar-refractivity contribution in [2.24, 2.45) is 5.73 Å². The third kappa shape index (κ3) is 3.01. The number of nitrogens with two attached hydrogens (primary N) is 1. The highest BCUT2D eigenvalue weighted by atomic mass is 16.5. The molecule has 1 aliphatic heterocycles. The summed E-state index contributed by atoms with van der Waals surface area (Å²) >= 11 is 0. The number of rotatable bonds is 4. The Morgan fingerprint density at radius 3 is 2.94 bits per heavy atom. The Kier molecular flexibility index (Phi) is 4.27. The van der Waals surface area contributed by atoms with Crippen LogP contribution in [-0.4, -0.2) is 30.8 Å². The minimum absolute atomic E-state index is 0.0446. The molecule has 0 saturated carbocycles. The Morgan fingerprint density at radius 1 is 1.50 bits per heavy atom. The van der Waals surface area contributed by atoms with Gasteiger partial charge in [0.05, 0.1) is 12.2 Å². The molecule has 1 fully saturated rings. The van der Waals surface area contributed by atoms with Crippen molar-refractivity contribution in [3.63, 3.8) is 0 Å². The van der Waals surface area contributed by atoms with Gasteiger partial charge in [-0.3, -0.25) is 4.98 Å².